The molecule has 1 heterocycles. The minimum atomic E-state index is -0.0208. The van der Waals surface area contributed by atoms with Crippen LogP contribution >= 0.6 is 15.9 Å². The van der Waals surface area contributed by atoms with E-state index in [4.69, 9.17) is 9.84 Å². The molecule has 0 radical (unpaired) electrons. The molecule has 0 spiro atoms. The van der Waals surface area contributed by atoms with Crippen molar-refractivity contribution in [1.82, 2.24) is 0 Å². The van der Waals surface area contributed by atoms with Crippen LogP contribution in [0, 0.1) is 0 Å². The Labute approximate surface area is 115 Å². The van der Waals surface area contributed by atoms with E-state index in [1.807, 2.05) is 18.2 Å². The molecule has 0 saturated carbocycles. The molecule has 1 N–H and O–H groups in total. The monoisotopic (exact) mass is 313 g/mol. The second-order valence-corrected chi connectivity index (χ2v) is 4.89. The number of fused-ring (bicyclic) bond motifs is 1. The highest BCUT2D eigenvalue weighted by molar-refractivity contribution is 9.09. The first-order valence-corrected chi connectivity index (χ1v) is 7.11. The fraction of sp³-hybridized carbons (Fsp3) is 0.462. The van der Waals surface area contributed by atoms with Crippen LogP contribution in [0.25, 0.3) is 0 Å². The summed E-state index contributed by atoms with van der Waals surface area (Å²) in [5, 5.41) is 9.80. The molecule has 1 aliphatic rings. The highest BCUT2D eigenvalue weighted by Gasteiger charge is 2.23. The van der Waals surface area contributed by atoms with Crippen molar-refractivity contribution in [1.29, 1.82) is 0 Å². The first-order valence-electron chi connectivity index (χ1n) is 5.99. The summed E-state index contributed by atoms with van der Waals surface area (Å²) in [6.45, 7) is 0.957. The summed E-state index contributed by atoms with van der Waals surface area (Å²) in [5.74, 6) is 0.900. The molecule has 0 aliphatic carbocycles. The summed E-state index contributed by atoms with van der Waals surface area (Å²) in [7, 11) is 0. The number of hydrogen-bond donors (Lipinski definition) is 1. The number of benzene rings is 1. The van der Waals surface area contributed by atoms with Gasteiger partial charge in [-0.1, -0.05) is 15.9 Å². The van der Waals surface area contributed by atoms with Gasteiger partial charge in [0.15, 0.2) is 0 Å². The Bertz CT molecular complexity index is 436. The molecule has 2 rings (SSSR count). The molecule has 0 saturated heterocycles. The smallest absolute Gasteiger partial charge is 0.227 e. The molecule has 0 unspecified atom stereocenters. The molecule has 1 aromatic rings. The first-order chi connectivity index (χ1) is 8.76. The van der Waals surface area contributed by atoms with Crippen molar-refractivity contribution in [3.8, 4) is 5.75 Å². The van der Waals surface area contributed by atoms with Gasteiger partial charge in [0, 0.05) is 24.0 Å². The highest BCUT2D eigenvalue weighted by atomic mass is 79.9. The van der Waals surface area contributed by atoms with Gasteiger partial charge >= 0.3 is 0 Å². The second kappa shape index (κ2) is 6.20. The number of aliphatic hydroxyl groups is 1. The maximum Gasteiger partial charge on any atom is 0.227 e. The van der Waals surface area contributed by atoms with E-state index in [1.54, 1.807) is 4.90 Å². The minimum Gasteiger partial charge on any atom is -0.493 e. The number of aliphatic hydroxyl groups excluding tert-OH is 1. The molecule has 0 aromatic heterocycles. The van der Waals surface area contributed by atoms with Gasteiger partial charge < -0.3 is 14.7 Å². The molecule has 0 fully saturated rings. The normalized spacial score (nSPS) is 14.6. The van der Waals surface area contributed by atoms with Gasteiger partial charge in [-0.15, -0.1) is 0 Å². The summed E-state index contributed by atoms with van der Waals surface area (Å²) >= 11 is 3.31. The van der Waals surface area contributed by atoms with E-state index in [0.29, 0.717) is 19.6 Å². The van der Waals surface area contributed by atoms with Gasteiger partial charge in [0.2, 0.25) is 5.91 Å². The molecule has 4 nitrogen and oxygen atoms in total. The number of alkyl halides is 1. The SMILES string of the molecule is O=C1CCc2cc(OCCBr)ccc2N1CCO. The molecule has 1 aliphatic heterocycles. The van der Waals surface area contributed by atoms with Crippen molar-refractivity contribution in [3.63, 3.8) is 0 Å². The van der Waals surface area contributed by atoms with E-state index in [1.165, 1.54) is 0 Å². The highest BCUT2D eigenvalue weighted by Crippen LogP contribution is 2.30. The van der Waals surface area contributed by atoms with Crippen LogP contribution in [-0.2, 0) is 11.2 Å². The van der Waals surface area contributed by atoms with E-state index in [2.05, 4.69) is 15.9 Å². The van der Waals surface area contributed by atoms with Gasteiger partial charge in [-0.25, -0.2) is 0 Å². The lowest BCUT2D eigenvalue weighted by molar-refractivity contribution is -0.119. The Balaban J connectivity index is 2.22. The van der Waals surface area contributed by atoms with E-state index in [-0.39, 0.29) is 12.5 Å². The largest absolute Gasteiger partial charge is 0.493 e. The molecular weight excluding hydrogens is 298 g/mol. The fourth-order valence-corrected chi connectivity index (χ4v) is 2.29. The molecule has 0 atom stereocenters. The number of amides is 1. The number of rotatable bonds is 5. The Kier molecular flexibility index (Phi) is 4.60. The summed E-state index contributed by atoms with van der Waals surface area (Å²) in [6, 6.07) is 5.74. The molecule has 1 amide bonds. The van der Waals surface area contributed by atoms with Crippen LogP contribution < -0.4 is 9.64 Å². The quantitative estimate of drug-likeness (QED) is 0.842. The van der Waals surface area contributed by atoms with E-state index >= 15 is 0 Å². The summed E-state index contributed by atoms with van der Waals surface area (Å²) in [5.41, 5.74) is 2.00. The number of anilines is 1. The lowest BCUT2D eigenvalue weighted by Crippen LogP contribution is -2.37. The number of halogens is 1. The van der Waals surface area contributed by atoms with Gasteiger partial charge in [-0.2, -0.15) is 0 Å². The van der Waals surface area contributed by atoms with E-state index in [0.717, 1.165) is 28.8 Å². The predicted octanol–water partition coefficient (Wildman–Crippen LogP) is 1.73. The molecule has 0 bridgehead atoms. The third-order valence-corrected chi connectivity index (χ3v) is 3.24. The van der Waals surface area contributed by atoms with Gasteiger partial charge in [0.1, 0.15) is 5.75 Å². The van der Waals surface area contributed by atoms with Crippen molar-refractivity contribution in [2.75, 3.05) is 30.0 Å². The average Bonchev–Trinajstić information content (AvgIpc) is 2.39. The van der Waals surface area contributed by atoms with Gasteiger partial charge in [0.25, 0.3) is 0 Å². The summed E-state index contributed by atoms with van der Waals surface area (Å²) < 4.78 is 5.54. The number of carbonyl (C=O) groups is 1. The van der Waals surface area contributed by atoms with Crippen LogP contribution in [0.4, 0.5) is 5.69 Å². The molecule has 1 aromatic carbocycles. The van der Waals surface area contributed by atoms with Gasteiger partial charge in [-0.3, -0.25) is 4.79 Å². The molecule has 18 heavy (non-hydrogen) atoms. The van der Waals surface area contributed by atoms with Crippen LogP contribution in [0.3, 0.4) is 0 Å². The Morgan fingerprint density at radius 3 is 2.94 bits per heavy atom. The number of aryl methyl sites for hydroxylation is 1. The number of hydrogen-bond acceptors (Lipinski definition) is 3. The molecule has 98 valence electrons. The maximum atomic E-state index is 11.8. The fourth-order valence-electron chi connectivity index (χ4n) is 2.13. The van der Waals surface area contributed by atoms with Gasteiger partial charge in [-0.05, 0) is 30.2 Å². The first kappa shape index (κ1) is 13.4. The van der Waals surface area contributed by atoms with Crippen LogP contribution in [0.2, 0.25) is 0 Å². The number of β-amino-alcohol motifs (C(OH)–C–C–N with tert-alkyl or cyclic N) is 1. The van der Waals surface area contributed by atoms with Crippen LogP contribution in [-0.4, -0.2) is 36.1 Å². The topological polar surface area (TPSA) is 49.8 Å². The van der Waals surface area contributed by atoms with Crippen molar-refractivity contribution in [2.24, 2.45) is 0 Å². The van der Waals surface area contributed by atoms with Crippen molar-refractivity contribution < 1.29 is 14.6 Å². The third-order valence-electron chi connectivity index (χ3n) is 2.92. The Morgan fingerprint density at radius 2 is 2.22 bits per heavy atom. The average molecular weight is 314 g/mol. The number of nitrogens with zero attached hydrogens (tertiary/aromatic N) is 1. The summed E-state index contributed by atoms with van der Waals surface area (Å²) in [6.07, 6.45) is 1.23. The van der Waals surface area contributed by atoms with Gasteiger partial charge in [0.05, 0.1) is 13.2 Å². The lowest BCUT2D eigenvalue weighted by atomic mass is 10.0. The van der Waals surface area contributed by atoms with Crippen LogP contribution in [0.15, 0.2) is 18.2 Å². The predicted molar refractivity (Wildman–Crippen MR) is 73.5 cm³/mol. The number of carbonyl (C=O) groups excluding carboxylic acids is 1. The third kappa shape index (κ3) is 2.84. The van der Waals surface area contributed by atoms with E-state index in [9.17, 15) is 4.79 Å². The second-order valence-electron chi connectivity index (χ2n) is 4.10. The zero-order chi connectivity index (χ0) is 13.0. The van der Waals surface area contributed by atoms with Crippen molar-refractivity contribution in [2.45, 2.75) is 12.8 Å². The zero-order valence-corrected chi connectivity index (χ0v) is 11.6. The van der Waals surface area contributed by atoms with Crippen molar-refractivity contribution in [3.05, 3.63) is 23.8 Å². The summed E-state index contributed by atoms with van der Waals surface area (Å²) in [4.78, 5) is 13.4. The van der Waals surface area contributed by atoms with Crippen molar-refractivity contribution >= 4 is 27.5 Å². The maximum absolute atomic E-state index is 11.8. The van der Waals surface area contributed by atoms with E-state index < -0.39 is 0 Å². The standard InChI is InChI=1S/C13H16BrNO3/c14-5-8-18-11-2-3-12-10(9-11)1-4-13(17)15(12)6-7-16/h2-3,9,16H,1,4-8H2. The minimum absolute atomic E-state index is 0.0208. The zero-order valence-electron chi connectivity index (χ0n) is 10.1. The van der Waals surface area contributed by atoms with Crippen LogP contribution in [0.1, 0.15) is 12.0 Å². The molecular formula is C13H16BrNO3. The number of ether oxygens (including phenoxy) is 1. The van der Waals surface area contributed by atoms with Crippen LogP contribution in [0.5, 0.6) is 5.75 Å². The molecule has 5 heteroatoms. The lowest BCUT2D eigenvalue weighted by Gasteiger charge is -2.29. The Hall–Kier alpha value is -1.07. The Morgan fingerprint density at radius 1 is 1.39 bits per heavy atom.